The SMILES string of the molecule is [Nb].[O]=[Ru]=[O]. The van der Waals surface area contributed by atoms with Crippen molar-refractivity contribution in [1.29, 1.82) is 0 Å². The van der Waals surface area contributed by atoms with Crippen molar-refractivity contribution in [3.05, 3.63) is 0 Å². The molecule has 0 atom stereocenters. The van der Waals surface area contributed by atoms with Gasteiger partial charge in [-0.3, -0.25) is 0 Å². The molecule has 0 aromatic rings. The van der Waals surface area contributed by atoms with Gasteiger partial charge in [0.15, 0.2) is 0 Å². The molecule has 0 amide bonds. The fourth-order valence-electron chi connectivity index (χ4n) is 0. The van der Waals surface area contributed by atoms with Crippen molar-refractivity contribution in [3.63, 3.8) is 0 Å². The third-order valence-corrected chi connectivity index (χ3v) is 0. The van der Waals surface area contributed by atoms with E-state index in [0.29, 0.717) is 0 Å². The fourth-order valence-corrected chi connectivity index (χ4v) is 0. The van der Waals surface area contributed by atoms with E-state index in [2.05, 4.69) is 0 Å². The molecule has 4 heavy (non-hydrogen) atoms. The van der Waals surface area contributed by atoms with Crippen LogP contribution in [-0.2, 0) is 46.6 Å². The van der Waals surface area contributed by atoms with Crippen molar-refractivity contribution in [1.82, 2.24) is 0 Å². The second kappa shape index (κ2) is 9.03. The molecule has 0 rings (SSSR count). The van der Waals surface area contributed by atoms with E-state index in [-0.39, 0.29) is 22.4 Å². The summed E-state index contributed by atoms with van der Waals surface area (Å²) in [5, 5.41) is 0. The summed E-state index contributed by atoms with van der Waals surface area (Å²) < 4.78 is 16.9. The molecule has 0 N–H and O–H groups in total. The first-order valence-electron chi connectivity index (χ1n) is 0.289. The second-order valence-corrected chi connectivity index (χ2v) is 0.349. The molecule has 0 spiro atoms. The molecule has 0 fully saturated rings. The topological polar surface area (TPSA) is 34.1 Å². The Morgan fingerprint density at radius 2 is 1.25 bits per heavy atom. The molecular weight excluding hydrogens is 226 g/mol. The van der Waals surface area contributed by atoms with Crippen LogP contribution in [0.2, 0.25) is 0 Å². The number of rotatable bonds is 0. The van der Waals surface area contributed by atoms with E-state index in [1.165, 1.54) is 0 Å². The molecular formula is NbO2Ru. The first-order valence-corrected chi connectivity index (χ1v) is 1.71. The van der Waals surface area contributed by atoms with E-state index in [4.69, 9.17) is 7.15 Å². The standard InChI is InChI=1S/Nb.2O.Ru. The molecule has 0 aromatic carbocycles. The summed E-state index contributed by atoms with van der Waals surface area (Å²) in [7, 11) is 0. The fraction of sp³-hybridized carbons (Fsp3) is 0. The van der Waals surface area contributed by atoms with Gasteiger partial charge in [0.1, 0.15) is 0 Å². The van der Waals surface area contributed by atoms with Crippen molar-refractivity contribution in [2.24, 2.45) is 0 Å². The Hall–Kier alpha value is 0.964. The molecule has 0 unspecified atom stereocenters. The molecule has 0 aliphatic rings. The minimum atomic E-state index is -1.79. The Kier molecular flexibility index (Phi) is 20.0. The quantitative estimate of drug-likeness (QED) is 0.534. The normalized spacial score (nSPS) is 4.00. The molecule has 0 aliphatic carbocycles. The maximum absolute atomic E-state index is 8.46. The molecule has 4 heteroatoms. The van der Waals surface area contributed by atoms with Crippen LogP contribution in [0.4, 0.5) is 0 Å². The van der Waals surface area contributed by atoms with E-state index in [1.54, 1.807) is 0 Å². The molecule has 2 nitrogen and oxygen atoms in total. The van der Waals surface area contributed by atoms with Gasteiger partial charge in [0, 0.05) is 22.4 Å². The molecule has 0 bridgehead atoms. The van der Waals surface area contributed by atoms with E-state index in [9.17, 15) is 0 Å². The van der Waals surface area contributed by atoms with Crippen LogP contribution in [0.5, 0.6) is 0 Å². The van der Waals surface area contributed by atoms with Crippen molar-refractivity contribution in [3.8, 4) is 0 Å². The first-order chi connectivity index (χ1) is 1.41. The Morgan fingerprint density at radius 1 is 1.25 bits per heavy atom. The van der Waals surface area contributed by atoms with Crippen molar-refractivity contribution in [2.45, 2.75) is 0 Å². The summed E-state index contributed by atoms with van der Waals surface area (Å²) in [5.74, 6) is 0. The Morgan fingerprint density at radius 3 is 1.25 bits per heavy atom. The molecule has 0 heterocycles. The predicted molar refractivity (Wildman–Crippen MR) is 1.37 cm³/mol. The van der Waals surface area contributed by atoms with Gasteiger partial charge in [0.25, 0.3) is 0 Å². The average Bonchev–Trinajstić information content (AvgIpc) is 0.918. The molecule has 25 valence electrons. The van der Waals surface area contributed by atoms with Crippen LogP contribution < -0.4 is 0 Å². The summed E-state index contributed by atoms with van der Waals surface area (Å²) in [5.41, 5.74) is 0. The summed E-state index contributed by atoms with van der Waals surface area (Å²) in [4.78, 5) is 0. The zero-order chi connectivity index (χ0) is 2.71. The zero-order valence-corrected chi connectivity index (χ0v) is 5.55. The van der Waals surface area contributed by atoms with Gasteiger partial charge >= 0.3 is 24.2 Å². The summed E-state index contributed by atoms with van der Waals surface area (Å²) >= 11 is -1.79. The number of hydrogen-bond donors (Lipinski definition) is 0. The third-order valence-electron chi connectivity index (χ3n) is 0. The Bertz CT molecular complexity index is 27.0. The zero-order valence-electron chi connectivity index (χ0n) is 1.62. The van der Waals surface area contributed by atoms with Gasteiger partial charge < -0.3 is 0 Å². The van der Waals surface area contributed by atoms with Crippen LogP contribution in [0.15, 0.2) is 0 Å². The van der Waals surface area contributed by atoms with Gasteiger partial charge in [-0.1, -0.05) is 0 Å². The Labute approximate surface area is 46.6 Å². The third kappa shape index (κ3) is 12.3. The van der Waals surface area contributed by atoms with E-state index < -0.39 is 17.0 Å². The molecule has 0 aromatic heterocycles. The van der Waals surface area contributed by atoms with Crippen LogP contribution in [0.1, 0.15) is 0 Å². The number of hydrogen-bond acceptors (Lipinski definition) is 2. The molecule has 0 saturated carbocycles. The van der Waals surface area contributed by atoms with Crippen LogP contribution in [0, 0.1) is 0 Å². The molecule has 0 aliphatic heterocycles. The van der Waals surface area contributed by atoms with Crippen LogP contribution in [-0.4, -0.2) is 0 Å². The first kappa shape index (κ1) is 8.88. The van der Waals surface area contributed by atoms with Gasteiger partial charge in [-0.25, -0.2) is 0 Å². The summed E-state index contributed by atoms with van der Waals surface area (Å²) in [6.07, 6.45) is 0. The van der Waals surface area contributed by atoms with Crippen molar-refractivity contribution < 1.29 is 46.6 Å². The molecule has 0 saturated heterocycles. The Balaban J connectivity index is 0. The average molecular weight is 226 g/mol. The van der Waals surface area contributed by atoms with Gasteiger partial charge in [-0.05, 0) is 0 Å². The summed E-state index contributed by atoms with van der Waals surface area (Å²) in [6, 6.07) is 0. The van der Waals surface area contributed by atoms with Gasteiger partial charge in [0.2, 0.25) is 0 Å². The second-order valence-electron chi connectivity index (χ2n) is 0.0589. The van der Waals surface area contributed by atoms with E-state index in [1.807, 2.05) is 0 Å². The monoisotopic (exact) mass is 227 g/mol. The van der Waals surface area contributed by atoms with E-state index >= 15 is 0 Å². The van der Waals surface area contributed by atoms with Crippen LogP contribution in [0.3, 0.4) is 0 Å². The van der Waals surface area contributed by atoms with Crippen molar-refractivity contribution in [2.75, 3.05) is 0 Å². The minimum absolute atomic E-state index is 0. The van der Waals surface area contributed by atoms with Crippen molar-refractivity contribution >= 4 is 0 Å². The van der Waals surface area contributed by atoms with Crippen LogP contribution >= 0.6 is 0 Å². The predicted octanol–water partition coefficient (Wildman–Crippen LogP) is -0.243. The van der Waals surface area contributed by atoms with Gasteiger partial charge in [-0.2, -0.15) is 0 Å². The van der Waals surface area contributed by atoms with Gasteiger partial charge in [0.05, 0.1) is 0 Å². The summed E-state index contributed by atoms with van der Waals surface area (Å²) in [6.45, 7) is 0. The van der Waals surface area contributed by atoms with Gasteiger partial charge in [-0.15, -0.1) is 0 Å². The molecule has 1 radical (unpaired) electrons. The maximum atomic E-state index is 8.46. The van der Waals surface area contributed by atoms with E-state index in [0.717, 1.165) is 0 Å². The van der Waals surface area contributed by atoms with Crippen LogP contribution in [0.25, 0.3) is 0 Å².